The molecule has 2 rings (SSSR count). The normalized spacial score (nSPS) is 17.4. The summed E-state index contributed by atoms with van der Waals surface area (Å²) in [6.45, 7) is 0. The Kier molecular flexibility index (Phi) is 7.74. The summed E-state index contributed by atoms with van der Waals surface area (Å²) in [5.41, 5.74) is -8.95. The zero-order valence-electron chi connectivity index (χ0n) is 17.4. The summed E-state index contributed by atoms with van der Waals surface area (Å²) < 4.78 is 179. The minimum atomic E-state index is -7.73. The van der Waals surface area contributed by atoms with Crippen LogP contribution < -0.4 is 0 Å². The fourth-order valence-electron chi connectivity index (χ4n) is 3.79. The van der Waals surface area contributed by atoms with E-state index >= 15 is 0 Å². The highest BCUT2D eigenvalue weighted by atomic mass is 19.4. The summed E-state index contributed by atoms with van der Waals surface area (Å²) in [4.78, 5) is 12.2. The molecule has 0 saturated heterocycles. The molecule has 0 spiro atoms. The van der Waals surface area contributed by atoms with Crippen LogP contribution in [0.15, 0.2) is 24.3 Å². The largest absolute Gasteiger partial charge is 0.459 e. The maximum Gasteiger partial charge on any atom is 0.459 e. The lowest BCUT2D eigenvalue weighted by atomic mass is 9.71. The predicted octanol–water partition coefficient (Wildman–Crippen LogP) is 7.66. The van der Waals surface area contributed by atoms with Gasteiger partial charge in [0, 0.05) is 6.42 Å². The molecule has 0 aliphatic heterocycles. The summed E-state index contributed by atoms with van der Waals surface area (Å²) in [6.07, 6.45) is -22.8. The number of hydrogen-bond donors (Lipinski definition) is 0. The van der Waals surface area contributed by atoms with Gasteiger partial charge in [-0.25, -0.2) is 4.79 Å². The van der Waals surface area contributed by atoms with E-state index in [1.807, 2.05) is 0 Å². The molecule has 35 heavy (non-hydrogen) atoms. The second-order valence-electron chi connectivity index (χ2n) is 8.09. The van der Waals surface area contributed by atoms with Crippen LogP contribution in [0.5, 0.6) is 0 Å². The zero-order chi connectivity index (χ0) is 27.1. The van der Waals surface area contributed by atoms with Crippen molar-refractivity contribution >= 4 is 5.97 Å². The molecular formula is C20H17F13O2. The highest BCUT2D eigenvalue weighted by Gasteiger charge is 2.91. The number of hydrogen-bond acceptors (Lipinski definition) is 2. The average Bonchev–Trinajstić information content (AvgIpc) is 2.70. The van der Waals surface area contributed by atoms with Crippen LogP contribution in [0.25, 0.3) is 0 Å². The van der Waals surface area contributed by atoms with Gasteiger partial charge in [0.25, 0.3) is 0 Å². The number of halogens is 13. The monoisotopic (exact) mass is 536 g/mol. The van der Waals surface area contributed by atoms with Crippen LogP contribution in [-0.2, 0) is 11.2 Å². The molecule has 1 saturated carbocycles. The standard InChI is InChI=1S/C20H17F13O2/c21-16(22,17(23,24)20(31,32)33)15(18(25,26)27,19(28,29)30)10-11-5-4-6-12(9-11)14(34)35-13-7-2-1-3-8-13/h4-6,9,13H,1-3,7-8,10H2. The molecule has 1 aromatic rings. The molecule has 0 heterocycles. The van der Waals surface area contributed by atoms with Gasteiger partial charge in [-0.1, -0.05) is 18.6 Å². The molecule has 0 aromatic heterocycles. The number of carbonyl (C=O) groups excluding carboxylic acids is 1. The molecule has 1 aromatic carbocycles. The minimum absolute atomic E-state index is 0.249. The SMILES string of the molecule is O=C(OC1CCCCC1)c1cccc(CC(C(F)(F)F)(C(F)(F)F)C(F)(F)C(F)(F)C(F)(F)F)c1. The van der Waals surface area contributed by atoms with Crippen LogP contribution in [0.1, 0.15) is 48.0 Å². The van der Waals surface area contributed by atoms with E-state index in [1.54, 1.807) is 0 Å². The van der Waals surface area contributed by atoms with Gasteiger partial charge in [0.15, 0.2) is 0 Å². The molecule has 0 atom stereocenters. The number of rotatable bonds is 6. The Bertz CT molecular complexity index is 880. The maximum atomic E-state index is 14.3. The van der Waals surface area contributed by atoms with E-state index in [2.05, 4.69) is 0 Å². The van der Waals surface area contributed by atoms with E-state index in [0.717, 1.165) is 12.5 Å². The summed E-state index contributed by atoms with van der Waals surface area (Å²) in [6, 6.07) is 2.11. The van der Waals surface area contributed by atoms with Gasteiger partial charge in [0.1, 0.15) is 6.10 Å². The molecule has 1 fully saturated rings. The van der Waals surface area contributed by atoms with Crippen molar-refractivity contribution in [1.29, 1.82) is 0 Å². The summed E-state index contributed by atoms with van der Waals surface area (Å²) in [5.74, 6) is -16.7. The Labute approximate surface area is 189 Å². The first-order valence-corrected chi connectivity index (χ1v) is 9.95. The molecular weight excluding hydrogens is 519 g/mol. The second-order valence-corrected chi connectivity index (χ2v) is 8.09. The smallest absolute Gasteiger partial charge is 0.459 e. The third kappa shape index (κ3) is 5.18. The number of carbonyl (C=O) groups is 1. The molecule has 0 amide bonds. The third-order valence-corrected chi connectivity index (χ3v) is 5.71. The van der Waals surface area contributed by atoms with Gasteiger partial charge in [-0.2, -0.15) is 57.1 Å². The van der Waals surface area contributed by atoms with Crippen LogP contribution in [0.4, 0.5) is 57.1 Å². The van der Waals surface area contributed by atoms with Crippen LogP contribution in [0, 0.1) is 5.41 Å². The van der Waals surface area contributed by atoms with E-state index < -0.39 is 65.4 Å². The van der Waals surface area contributed by atoms with Crippen molar-refractivity contribution in [2.24, 2.45) is 5.41 Å². The first-order chi connectivity index (χ1) is 15.7. The quantitative estimate of drug-likeness (QED) is 0.276. The summed E-state index contributed by atoms with van der Waals surface area (Å²) in [5, 5.41) is 0. The Morgan fingerprint density at radius 1 is 0.743 bits per heavy atom. The molecule has 15 heteroatoms. The van der Waals surface area contributed by atoms with Crippen LogP contribution in [0.3, 0.4) is 0 Å². The highest BCUT2D eigenvalue weighted by molar-refractivity contribution is 5.89. The fourth-order valence-corrected chi connectivity index (χ4v) is 3.79. The average molecular weight is 536 g/mol. The van der Waals surface area contributed by atoms with Crippen molar-refractivity contribution in [3.8, 4) is 0 Å². The van der Waals surface area contributed by atoms with Crippen molar-refractivity contribution in [3.05, 3.63) is 35.4 Å². The van der Waals surface area contributed by atoms with Gasteiger partial charge in [-0.3, -0.25) is 0 Å². The Morgan fingerprint density at radius 3 is 1.71 bits per heavy atom. The van der Waals surface area contributed by atoms with Crippen molar-refractivity contribution in [2.45, 2.75) is 75.0 Å². The molecule has 0 bridgehead atoms. The Morgan fingerprint density at radius 2 is 1.26 bits per heavy atom. The first kappa shape index (κ1) is 29.0. The lowest BCUT2D eigenvalue weighted by Gasteiger charge is -2.45. The Hall–Kier alpha value is -2.22. The van der Waals surface area contributed by atoms with Crippen molar-refractivity contribution in [2.75, 3.05) is 0 Å². The second kappa shape index (κ2) is 9.34. The maximum absolute atomic E-state index is 14.3. The molecule has 1 aliphatic rings. The molecule has 0 N–H and O–H groups in total. The lowest BCUT2D eigenvalue weighted by Crippen LogP contribution is -2.71. The molecule has 1 aliphatic carbocycles. The van der Waals surface area contributed by atoms with E-state index in [9.17, 15) is 61.9 Å². The van der Waals surface area contributed by atoms with E-state index in [0.29, 0.717) is 37.8 Å². The van der Waals surface area contributed by atoms with Crippen LogP contribution in [-0.4, -0.2) is 42.4 Å². The van der Waals surface area contributed by atoms with E-state index in [1.165, 1.54) is 0 Å². The predicted molar refractivity (Wildman–Crippen MR) is 92.9 cm³/mol. The highest BCUT2D eigenvalue weighted by Crippen LogP contribution is 2.66. The number of esters is 1. The Balaban J connectivity index is 2.58. The van der Waals surface area contributed by atoms with Crippen molar-refractivity contribution in [1.82, 2.24) is 0 Å². The van der Waals surface area contributed by atoms with Gasteiger partial charge in [-0.05, 0) is 43.4 Å². The van der Waals surface area contributed by atoms with Crippen molar-refractivity contribution in [3.63, 3.8) is 0 Å². The summed E-state index contributed by atoms with van der Waals surface area (Å²) >= 11 is 0. The zero-order valence-corrected chi connectivity index (χ0v) is 17.4. The van der Waals surface area contributed by atoms with E-state index in [4.69, 9.17) is 4.74 Å². The van der Waals surface area contributed by atoms with Gasteiger partial charge < -0.3 is 4.74 Å². The molecule has 0 radical (unpaired) electrons. The molecule has 2 nitrogen and oxygen atoms in total. The first-order valence-electron chi connectivity index (χ1n) is 9.95. The van der Waals surface area contributed by atoms with Gasteiger partial charge in [-0.15, -0.1) is 0 Å². The molecule has 200 valence electrons. The number of benzene rings is 1. The van der Waals surface area contributed by atoms with Crippen LogP contribution in [0.2, 0.25) is 0 Å². The summed E-state index contributed by atoms with van der Waals surface area (Å²) in [7, 11) is 0. The number of alkyl halides is 13. The minimum Gasteiger partial charge on any atom is -0.459 e. The van der Waals surface area contributed by atoms with Gasteiger partial charge in [0.2, 0.25) is 5.41 Å². The van der Waals surface area contributed by atoms with E-state index in [-0.39, 0.29) is 6.07 Å². The third-order valence-electron chi connectivity index (χ3n) is 5.71. The van der Waals surface area contributed by atoms with Crippen LogP contribution >= 0.6 is 0 Å². The van der Waals surface area contributed by atoms with Gasteiger partial charge >= 0.3 is 36.3 Å². The lowest BCUT2D eigenvalue weighted by molar-refractivity contribution is -0.460. The topological polar surface area (TPSA) is 26.3 Å². The van der Waals surface area contributed by atoms with Gasteiger partial charge in [0.05, 0.1) is 5.56 Å². The number of ether oxygens (including phenoxy) is 1. The van der Waals surface area contributed by atoms with Crippen molar-refractivity contribution < 1.29 is 66.6 Å². The molecule has 0 unspecified atom stereocenters. The fraction of sp³-hybridized carbons (Fsp3) is 0.650.